The molecule has 1 N–H and O–H groups in total. The number of nitrogens with one attached hydrogen (secondary N) is 1. The molecular formula is C21H26F3NO5S2. The van der Waals surface area contributed by atoms with Crippen LogP contribution in [-0.4, -0.2) is 35.7 Å². The standard InChI is InChI=1S/C21H26F3NO5S2/c1-12-9-14(3)20(15(4)10-12)31(26,27)25-11-19(21(22,23)24)30-32(28,29)18-8-7-13(2)16(5)17(18)6/h7-10,19,25H,11H2,1-6H3. The third-order valence-corrected chi connectivity index (χ3v) is 8.41. The van der Waals surface area contributed by atoms with Gasteiger partial charge in [0.25, 0.3) is 10.1 Å². The predicted octanol–water partition coefficient (Wildman–Crippen LogP) is 4.15. The van der Waals surface area contributed by atoms with Crippen molar-refractivity contribution in [1.82, 2.24) is 4.72 Å². The molecular weight excluding hydrogens is 467 g/mol. The summed E-state index contributed by atoms with van der Waals surface area (Å²) < 4.78 is 97.7. The number of benzene rings is 2. The van der Waals surface area contributed by atoms with E-state index in [0.29, 0.717) is 16.7 Å². The van der Waals surface area contributed by atoms with Crippen molar-refractivity contribution < 1.29 is 34.2 Å². The normalized spacial score (nSPS) is 13.9. The number of sulfonamides is 1. The van der Waals surface area contributed by atoms with Gasteiger partial charge in [-0.15, -0.1) is 0 Å². The SMILES string of the molecule is Cc1cc(C)c(S(=O)(=O)NCC(OS(=O)(=O)c2ccc(C)c(C)c2C)C(F)(F)F)c(C)c1. The number of halogens is 3. The fourth-order valence-corrected chi connectivity index (χ4v) is 6.29. The van der Waals surface area contributed by atoms with E-state index in [4.69, 9.17) is 0 Å². The number of hydrogen-bond acceptors (Lipinski definition) is 5. The molecule has 0 amide bonds. The Kier molecular flexibility index (Phi) is 7.50. The molecule has 32 heavy (non-hydrogen) atoms. The molecule has 0 spiro atoms. The van der Waals surface area contributed by atoms with Crippen molar-refractivity contribution >= 4 is 20.1 Å². The van der Waals surface area contributed by atoms with Gasteiger partial charge in [0.2, 0.25) is 10.0 Å². The molecule has 0 radical (unpaired) electrons. The van der Waals surface area contributed by atoms with Crippen LogP contribution in [0.25, 0.3) is 0 Å². The van der Waals surface area contributed by atoms with Gasteiger partial charge in [-0.2, -0.15) is 21.6 Å². The smallest absolute Gasteiger partial charge is 0.252 e. The summed E-state index contributed by atoms with van der Waals surface area (Å²) in [5, 5.41) is 0. The van der Waals surface area contributed by atoms with Crippen LogP contribution < -0.4 is 4.72 Å². The van der Waals surface area contributed by atoms with Crippen LogP contribution in [0.2, 0.25) is 0 Å². The Hall–Kier alpha value is -1.95. The summed E-state index contributed by atoms with van der Waals surface area (Å²) in [4.78, 5) is -0.556. The van der Waals surface area contributed by atoms with E-state index in [1.165, 1.54) is 32.9 Å². The molecule has 0 aromatic heterocycles. The van der Waals surface area contributed by atoms with Crippen LogP contribution in [0.1, 0.15) is 33.4 Å². The minimum Gasteiger partial charge on any atom is -0.252 e. The molecule has 0 aliphatic carbocycles. The van der Waals surface area contributed by atoms with Crippen molar-refractivity contribution in [2.24, 2.45) is 0 Å². The maximum absolute atomic E-state index is 13.6. The van der Waals surface area contributed by atoms with E-state index in [1.807, 2.05) is 4.72 Å². The van der Waals surface area contributed by atoms with E-state index in [2.05, 4.69) is 4.18 Å². The van der Waals surface area contributed by atoms with E-state index in [1.54, 1.807) is 32.9 Å². The first-order chi connectivity index (χ1) is 14.5. The summed E-state index contributed by atoms with van der Waals surface area (Å²) in [6, 6.07) is 5.81. The topological polar surface area (TPSA) is 89.5 Å². The van der Waals surface area contributed by atoms with Gasteiger partial charge in [-0.1, -0.05) is 23.8 Å². The summed E-state index contributed by atoms with van der Waals surface area (Å²) in [6.07, 6.45) is -8.05. The zero-order valence-corrected chi connectivity index (χ0v) is 20.2. The van der Waals surface area contributed by atoms with Gasteiger partial charge in [0.1, 0.15) is 0 Å². The van der Waals surface area contributed by atoms with E-state index in [0.717, 1.165) is 11.1 Å². The Morgan fingerprint density at radius 3 is 1.91 bits per heavy atom. The van der Waals surface area contributed by atoms with E-state index in [9.17, 15) is 30.0 Å². The first-order valence-corrected chi connectivity index (χ1v) is 12.5. The van der Waals surface area contributed by atoms with Crippen molar-refractivity contribution in [2.75, 3.05) is 6.54 Å². The van der Waals surface area contributed by atoms with Crippen LogP contribution in [0.5, 0.6) is 0 Å². The summed E-state index contributed by atoms with van der Waals surface area (Å²) in [7, 11) is -9.18. The third-order valence-electron chi connectivity index (χ3n) is 5.22. The molecule has 2 aromatic carbocycles. The highest BCUT2D eigenvalue weighted by Crippen LogP contribution is 2.30. The zero-order valence-electron chi connectivity index (χ0n) is 18.6. The minimum absolute atomic E-state index is 0.156. The van der Waals surface area contributed by atoms with Gasteiger partial charge < -0.3 is 0 Å². The van der Waals surface area contributed by atoms with Crippen molar-refractivity contribution in [3.8, 4) is 0 Å². The highest BCUT2D eigenvalue weighted by atomic mass is 32.2. The second-order valence-corrected chi connectivity index (χ2v) is 11.0. The van der Waals surface area contributed by atoms with Crippen LogP contribution in [0.3, 0.4) is 0 Å². The fourth-order valence-electron chi connectivity index (χ4n) is 3.46. The average molecular weight is 494 g/mol. The highest BCUT2D eigenvalue weighted by Gasteiger charge is 2.45. The van der Waals surface area contributed by atoms with Gasteiger partial charge in [-0.05, 0) is 75.4 Å². The van der Waals surface area contributed by atoms with E-state index >= 15 is 0 Å². The lowest BCUT2D eigenvalue weighted by atomic mass is 10.1. The lowest BCUT2D eigenvalue weighted by Crippen LogP contribution is -2.44. The molecule has 2 rings (SSSR count). The molecule has 0 fully saturated rings. The Balaban J connectivity index is 2.36. The average Bonchev–Trinajstić information content (AvgIpc) is 2.60. The maximum atomic E-state index is 13.6. The van der Waals surface area contributed by atoms with Crippen LogP contribution in [0.4, 0.5) is 13.2 Å². The molecule has 0 bridgehead atoms. The molecule has 178 valence electrons. The molecule has 1 atom stereocenters. The van der Waals surface area contributed by atoms with E-state index < -0.39 is 43.9 Å². The minimum atomic E-state index is -5.14. The number of alkyl halides is 3. The van der Waals surface area contributed by atoms with Crippen molar-refractivity contribution in [3.63, 3.8) is 0 Å². The number of rotatable bonds is 7. The zero-order chi connectivity index (χ0) is 24.6. The summed E-state index contributed by atoms with van der Waals surface area (Å²) in [5.74, 6) is 0. The van der Waals surface area contributed by atoms with Gasteiger partial charge in [0, 0.05) is 6.54 Å². The molecule has 0 saturated carbocycles. The Morgan fingerprint density at radius 1 is 0.875 bits per heavy atom. The van der Waals surface area contributed by atoms with Gasteiger partial charge in [0.05, 0.1) is 9.79 Å². The molecule has 0 aliphatic rings. The van der Waals surface area contributed by atoms with E-state index in [-0.39, 0.29) is 10.5 Å². The first kappa shape index (κ1) is 26.3. The Labute approximate surface area is 187 Å². The Bertz CT molecular complexity index is 1210. The maximum Gasteiger partial charge on any atom is 0.417 e. The monoisotopic (exact) mass is 493 g/mol. The second kappa shape index (κ2) is 9.12. The molecule has 6 nitrogen and oxygen atoms in total. The molecule has 0 heterocycles. The lowest BCUT2D eigenvalue weighted by molar-refractivity contribution is -0.191. The van der Waals surface area contributed by atoms with Gasteiger partial charge in [-0.25, -0.2) is 13.1 Å². The third kappa shape index (κ3) is 5.69. The quantitative estimate of drug-likeness (QED) is 0.586. The van der Waals surface area contributed by atoms with Crippen LogP contribution in [-0.2, 0) is 24.3 Å². The van der Waals surface area contributed by atoms with Gasteiger partial charge in [0.15, 0.2) is 6.10 Å². The molecule has 11 heteroatoms. The van der Waals surface area contributed by atoms with Crippen LogP contribution >= 0.6 is 0 Å². The lowest BCUT2D eigenvalue weighted by Gasteiger charge is -2.22. The fraction of sp³-hybridized carbons (Fsp3) is 0.429. The summed E-state index contributed by atoms with van der Waals surface area (Å²) >= 11 is 0. The number of aryl methyl sites for hydroxylation is 4. The first-order valence-electron chi connectivity index (χ1n) is 9.61. The highest BCUT2D eigenvalue weighted by molar-refractivity contribution is 7.89. The van der Waals surface area contributed by atoms with Crippen LogP contribution in [0.15, 0.2) is 34.1 Å². The molecule has 0 saturated heterocycles. The summed E-state index contributed by atoms with van der Waals surface area (Å²) in [5.41, 5.74) is 3.15. The molecule has 2 aromatic rings. The van der Waals surface area contributed by atoms with Crippen molar-refractivity contribution in [1.29, 1.82) is 0 Å². The molecule has 1 unspecified atom stereocenters. The van der Waals surface area contributed by atoms with Crippen LogP contribution in [0, 0.1) is 41.5 Å². The van der Waals surface area contributed by atoms with Crippen molar-refractivity contribution in [3.05, 3.63) is 57.6 Å². The van der Waals surface area contributed by atoms with Crippen molar-refractivity contribution in [2.45, 2.75) is 63.6 Å². The summed E-state index contributed by atoms with van der Waals surface area (Å²) in [6.45, 7) is 8.36. The molecule has 0 aliphatic heterocycles. The second-order valence-electron chi connectivity index (χ2n) is 7.79. The number of hydrogen-bond donors (Lipinski definition) is 1. The van der Waals surface area contributed by atoms with Gasteiger partial charge >= 0.3 is 6.18 Å². The van der Waals surface area contributed by atoms with Gasteiger partial charge in [-0.3, -0.25) is 4.18 Å². The largest absolute Gasteiger partial charge is 0.417 e. The Morgan fingerprint density at radius 2 is 1.41 bits per heavy atom. The predicted molar refractivity (Wildman–Crippen MR) is 115 cm³/mol.